The number of benzene rings is 2. The smallest absolute Gasteiger partial charge is 0.255 e. The molecular formula is C31H28N4O5. The maximum atomic E-state index is 13.1. The lowest BCUT2D eigenvalue weighted by atomic mass is 9.79. The lowest BCUT2D eigenvalue weighted by Gasteiger charge is -2.29. The summed E-state index contributed by atoms with van der Waals surface area (Å²) >= 11 is 0. The molecule has 0 bridgehead atoms. The molecule has 0 radical (unpaired) electrons. The molecule has 9 heteroatoms. The van der Waals surface area contributed by atoms with Crippen LogP contribution >= 0.6 is 0 Å². The van der Waals surface area contributed by atoms with E-state index in [0.717, 1.165) is 16.7 Å². The number of nitrogens with zero attached hydrogens (tertiary/aromatic N) is 2. The average Bonchev–Trinajstić information content (AvgIpc) is 3.29. The molecule has 9 nitrogen and oxygen atoms in total. The first kappa shape index (κ1) is 25.6. The fourth-order valence-electron chi connectivity index (χ4n) is 5.81. The van der Waals surface area contributed by atoms with Gasteiger partial charge in [-0.25, -0.2) is 0 Å². The van der Waals surface area contributed by atoms with Gasteiger partial charge < -0.3 is 15.3 Å². The maximum absolute atomic E-state index is 13.1. The lowest BCUT2D eigenvalue weighted by molar-refractivity contribution is -0.137. The highest BCUT2D eigenvalue weighted by Gasteiger charge is 2.40. The monoisotopic (exact) mass is 536 g/mol. The van der Waals surface area contributed by atoms with E-state index >= 15 is 0 Å². The summed E-state index contributed by atoms with van der Waals surface area (Å²) in [6.45, 7) is 0.209. The van der Waals surface area contributed by atoms with Crippen molar-refractivity contribution in [2.45, 2.75) is 50.3 Å². The van der Waals surface area contributed by atoms with Crippen LogP contribution in [0.25, 0.3) is 11.1 Å². The highest BCUT2D eigenvalue weighted by atomic mass is 16.3. The minimum Gasteiger partial charge on any atom is -0.388 e. The highest BCUT2D eigenvalue weighted by Crippen LogP contribution is 2.36. The molecule has 40 heavy (non-hydrogen) atoms. The summed E-state index contributed by atoms with van der Waals surface area (Å²) in [5.74, 6) is -1.30. The molecule has 3 heterocycles. The molecule has 1 aromatic heterocycles. The van der Waals surface area contributed by atoms with Crippen LogP contribution in [0.2, 0.25) is 0 Å². The summed E-state index contributed by atoms with van der Waals surface area (Å²) in [7, 11) is 0. The number of aromatic nitrogens is 1. The van der Waals surface area contributed by atoms with Gasteiger partial charge in [-0.15, -0.1) is 0 Å². The van der Waals surface area contributed by atoms with Gasteiger partial charge in [0.15, 0.2) is 5.78 Å². The number of aliphatic hydroxyl groups is 1. The van der Waals surface area contributed by atoms with Gasteiger partial charge in [0, 0.05) is 60.4 Å². The molecule has 3 N–H and O–H groups in total. The normalized spacial score (nSPS) is 23.8. The van der Waals surface area contributed by atoms with Crippen molar-refractivity contribution in [2.75, 3.05) is 5.32 Å². The van der Waals surface area contributed by atoms with Crippen molar-refractivity contribution < 1.29 is 24.3 Å². The van der Waals surface area contributed by atoms with E-state index in [2.05, 4.69) is 15.6 Å². The number of rotatable bonds is 5. The number of imide groups is 1. The van der Waals surface area contributed by atoms with Crippen LogP contribution in [-0.2, 0) is 20.9 Å². The summed E-state index contributed by atoms with van der Waals surface area (Å²) < 4.78 is 0. The van der Waals surface area contributed by atoms with Crippen molar-refractivity contribution in [3.8, 4) is 11.1 Å². The largest absolute Gasteiger partial charge is 0.388 e. The second-order valence-corrected chi connectivity index (χ2v) is 10.4. The molecule has 2 aliphatic heterocycles. The molecule has 0 spiro atoms. The van der Waals surface area contributed by atoms with E-state index in [-0.39, 0.29) is 49.3 Å². The van der Waals surface area contributed by atoms with Crippen LogP contribution in [0.4, 0.5) is 5.69 Å². The molecule has 3 aromatic rings. The summed E-state index contributed by atoms with van der Waals surface area (Å²) in [5, 5.41) is 16.4. The van der Waals surface area contributed by atoms with E-state index in [4.69, 9.17) is 0 Å². The number of hydrogen-bond acceptors (Lipinski definition) is 7. The average molecular weight is 537 g/mol. The third-order valence-electron chi connectivity index (χ3n) is 7.98. The lowest BCUT2D eigenvalue weighted by Crippen LogP contribution is -2.52. The van der Waals surface area contributed by atoms with E-state index < -0.39 is 18.1 Å². The van der Waals surface area contributed by atoms with Crippen LogP contribution in [0.5, 0.6) is 0 Å². The highest BCUT2D eigenvalue weighted by molar-refractivity contribution is 6.06. The van der Waals surface area contributed by atoms with Gasteiger partial charge >= 0.3 is 0 Å². The van der Waals surface area contributed by atoms with Gasteiger partial charge in [0.05, 0.1) is 6.10 Å². The molecule has 3 unspecified atom stereocenters. The van der Waals surface area contributed by atoms with Gasteiger partial charge in [0.1, 0.15) is 6.04 Å². The molecule has 202 valence electrons. The van der Waals surface area contributed by atoms with Crippen molar-refractivity contribution >= 4 is 29.2 Å². The first-order valence-corrected chi connectivity index (χ1v) is 13.3. The van der Waals surface area contributed by atoms with Crippen LogP contribution in [0.1, 0.15) is 53.1 Å². The fourth-order valence-corrected chi connectivity index (χ4v) is 5.81. The molecule has 1 saturated carbocycles. The Balaban J connectivity index is 1.15. The number of amides is 3. The van der Waals surface area contributed by atoms with Crippen LogP contribution in [0.15, 0.2) is 78.8 Å². The van der Waals surface area contributed by atoms with E-state index in [1.807, 2.05) is 36.4 Å². The molecule has 1 saturated heterocycles. The Hall–Kier alpha value is -4.63. The third-order valence-corrected chi connectivity index (χ3v) is 7.98. The van der Waals surface area contributed by atoms with Gasteiger partial charge in [-0.05, 0) is 59.7 Å². The van der Waals surface area contributed by atoms with Crippen molar-refractivity contribution in [2.24, 2.45) is 0 Å². The second kappa shape index (κ2) is 10.5. The van der Waals surface area contributed by atoms with Gasteiger partial charge in [0.2, 0.25) is 11.8 Å². The number of ketones is 1. The van der Waals surface area contributed by atoms with Crippen LogP contribution in [0.3, 0.4) is 0 Å². The number of carbonyl (C=O) groups is 4. The van der Waals surface area contributed by atoms with Crippen molar-refractivity contribution in [3.63, 3.8) is 0 Å². The number of hydrogen-bond donors (Lipinski definition) is 3. The summed E-state index contributed by atoms with van der Waals surface area (Å²) in [6.07, 6.45) is 5.27. The fraction of sp³-hybridized carbons (Fsp3) is 0.258. The molecule has 1 aliphatic carbocycles. The first-order chi connectivity index (χ1) is 19.4. The number of pyridine rings is 1. The number of piperidine rings is 1. The van der Waals surface area contributed by atoms with Crippen molar-refractivity contribution in [1.82, 2.24) is 15.2 Å². The zero-order chi connectivity index (χ0) is 27.8. The Morgan fingerprint density at radius 1 is 0.975 bits per heavy atom. The molecule has 2 fully saturated rings. The molecule has 3 atom stereocenters. The molecular weight excluding hydrogens is 508 g/mol. The SMILES string of the molecule is O=C1CCC(N2Cc3c(N/C=C4/C(=O)CC(c5ccc(-c6ccncc6)cc5)CC4O)cccc3C2=O)C(=O)N1. The van der Waals surface area contributed by atoms with E-state index in [9.17, 15) is 24.3 Å². The number of anilines is 1. The summed E-state index contributed by atoms with van der Waals surface area (Å²) in [4.78, 5) is 55.6. The Bertz CT molecular complexity index is 1530. The first-order valence-electron chi connectivity index (χ1n) is 13.3. The zero-order valence-corrected chi connectivity index (χ0v) is 21.7. The Morgan fingerprint density at radius 3 is 2.45 bits per heavy atom. The molecule has 2 aromatic carbocycles. The van der Waals surface area contributed by atoms with E-state index in [1.165, 1.54) is 11.1 Å². The van der Waals surface area contributed by atoms with Crippen molar-refractivity contribution in [1.29, 1.82) is 0 Å². The van der Waals surface area contributed by atoms with Crippen LogP contribution in [0, 0.1) is 0 Å². The summed E-state index contributed by atoms with van der Waals surface area (Å²) in [6, 6.07) is 16.5. The third kappa shape index (κ3) is 4.80. The summed E-state index contributed by atoms with van der Waals surface area (Å²) in [5.41, 5.74) is 5.23. The van der Waals surface area contributed by atoms with Gasteiger partial charge in [0.25, 0.3) is 5.91 Å². The Labute approximate surface area is 230 Å². The van der Waals surface area contributed by atoms with Crippen molar-refractivity contribution in [3.05, 3.63) is 95.5 Å². The van der Waals surface area contributed by atoms with Gasteiger partial charge in [-0.1, -0.05) is 30.3 Å². The number of Topliss-reactive ketones (excluding diaryl/α,β-unsaturated/α-hetero) is 1. The van der Waals surface area contributed by atoms with Gasteiger partial charge in [-0.2, -0.15) is 0 Å². The number of carbonyl (C=O) groups excluding carboxylic acids is 4. The van der Waals surface area contributed by atoms with Crippen LogP contribution < -0.4 is 10.6 Å². The maximum Gasteiger partial charge on any atom is 0.255 e. The van der Waals surface area contributed by atoms with E-state index in [1.54, 1.807) is 30.6 Å². The Morgan fingerprint density at radius 2 is 1.73 bits per heavy atom. The quantitative estimate of drug-likeness (QED) is 0.337. The molecule has 6 rings (SSSR count). The molecule has 3 amide bonds. The minimum atomic E-state index is -0.933. The number of nitrogens with one attached hydrogen (secondary N) is 2. The minimum absolute atomic E-state index is 0.0909. The standard InChI is InChI=1S/C31H28N4O5/c36-27-14-21(19-6-4-18(5-7-19)20-10-12-32-13-11-20)15-28(37)23(27)16-33-25-3-1-2-22-24(25)17-35(31(22)40)26-8-9-29(38)34-30(26)39/h1-7,10-13,16,21,26-27,33,36H,8-9,14-15,17H2,(H,34,38,39)/b23-16+. The topological polar surface area (TPSA) is 129 Å². The molecule has 3 aliphatic rings. The Kier molecular flexibility index (Phi) is 6.73. The van der Waals surface area contributed by atoms with Gasteiger partial charge in [-0.3, -0.25) is 29.5 Å². The zero-order valence-electron chi connectivity index (χ0n) is 21.7. The predicted octanol–water partition coefficient (Wildman–Crippen LogP) is 3.31. The number of aliphatic hydroxyl groups excluding tert-OH is 1. The van der Waals surface area contributed by atoms with Crippen LogP contribution in [-0.4, -0.2) is 50.6 Å². The van der Waals surface area contributed by atoms with E-state index in [0.29, 0.717) is 28.8 Å². The number of fused-ring (bicyclic) bond motifs is 1. The predicted molar refractivity (Wildman–Crippen MR) is 147 cm³/mol. The second-order valence-electron chi connectivity index (χ2n) is 10.4.